The lowest BCUT2D eigenvalue weighted by molar-refractivity contribution is 0.108. The molecule has 132 valence electrons. The van der Waals surface area contributed by atoms with Crippen LogP contribution < -0.4 is 0 Å². The Morgan fingerprint density at radius 2 is 1.65 bits per heavy atom. The molecule has 2 nitrogen and oxygen atoms in total. The number of benzene rings is 2. The van der Waals surface area contributed by atoms with Crippen molar-refractivity contribution in [1.29, 1.82) is 5.26 Å². The van der Waals surface area contributed by atoms with Crippen molar-refractivity contribution in [2.24, 2.45) is 5.41 Å². The molecule has 1 heterocycles. The third kappa shape index (κ3) is 1.74. The van der Waals surface area contributed by atoms with Gasteiger partial charge in [0.05, 0.1) is 17.1 Å². The minimum Gasteiger partial charge on any atom is -0.255 e. The van der Waals surface area contributed by atoms with Gasteiger partial charge in [0.1, 0.15) is 0 Å². The average molecular weight is 342 g/mol. The van der Waals surface area contributed by atoms with Gasteiger partial charge in [0, 0.05) is 22.4 Å². The third-order valence-electron chi connectivity index (χ3n) is 7.87. The molecule has 0 fully saturated rings. The Morgan fingerprint density at radius 3 is 2.27 bits per heavy atom. The standard InChI is InChI=1S/C24H26N2/c1-7-24(6)19-14-26-21-17-11-9-8-10-16(17)15(13-25)12-18(21)20(19)22(2,3)23(24,4)5/h8-12,14H,7H2,1-6H3. The van der Waals surface area contributed by atoms with Crippen molar-refractivity contribution < 1.29 is 0 Å². The zero-order valence-electron chi connectivity index (χ0n) is 16.6. The summed E-state index contributed by atoms with van der Waals surface area (Å²) in [6.07, 6.45) is 3.18. The normalized spacial score (nSPS) is 23.1. The molecule has 26 heavy (non-hydrogen) atoms. The van der Waals surface area contributed by atoms with Gasteiger partial charge in [-0.05, 0) is 39.9 Å². The van der Waals surface area contributed by atoms with Gasteiger partial charge < -0.3 is 0 Å². The molecule has 1 aliphatic carbocycles. The first kappa shape index (κ1) is 17.0. The predicted molar refractivity (Wildman–Crippen MR) is 108 cm³/mol. The van der Waals surface area contributed by atoms with Crippen LogP contribution in [-0.2, 0) is 10.8 Å². The van der Waals surface area contributed by atoms with E-state index in [1.165, 1.54) is 11.1 Å². The summed E-state index contributed by atoms with van der Waals surface area (Å²) in [5.41, 5.74) is 4.62. The van der Waals surface area contributed by atoms with Crippen molar-refractivity contribution in [2.75, 3.05) is 0 Å². The molecule has 0 amide bonds. The van der Waals surface area contributed by atoms with E-state index in [2.05, 4.69) is 65.9 Å². The van der Waals surface area contributed by atoms with E-state index >= 15 is 0 Å². The summed E-state index contributed by atoms with van der Waals surface area (Å²) in [7, 11) is 0. The maximum absolute atomic E-state index is 9.75. The SMILES string of the molecule is CCC1(C)c2cnc3c(cc(C#N)c4ccccc43)c2C(C)(C)C1(C)C. The highest BCUT2D eigenvalue weighted by atomic mass is 14.7. The van der Waals surface area contributed by atoms with Crippen molar-refractivity contribution in [1.82, 2.24) is 4.98 Å². The molecular weight excluding hydrogens is 316 g/mol. The predicted octanol–water partition coefficient (Wildman–Crippen LogP) is 6.24. The van der Waals surface area contributed by atoms with Gasteiger partial charge >= 0.3 is 0 Å². The van der Waals surface area contributed by atoms with Crippen LogP contribution in [0.1, 0.15) is 64.7 Å². The van der Waals surface area contributed by atoms with Gasteiger partial charge in [0.2, 0.25) is 0 Å². The van der Waals surface area contributed by atoms with E-state index in [1.54, 1.807) is 0 Å². The highest BCUT2D eigenvalue weighted by Gasteiger charge is 2.59. The second-order valence-corrected chi connectivity index (χ2v) is 8.96. The lowest BCUT2D eigenvalue weighted by atomic mass is 9.57. The van der Waals surface area contributed by atoms with Crippen molar-refractivity contribution in [2.45, 2.75) is 58.8 Å². The first-order valence-corrected chi connectivity index (χ1v) is 9.46. The number of fused-ring (bicyclic) bond motifs is 5. The summed E-state index contributed by atoms with van der Waals surface area (Å²) >= 11 is 0. The zero-order valence-corrected chi connectivity index (χ0v) is 16.6. The molecule has 2 heteroatoms. The molecule has 0 saturated heterocycles. The molecule has 0 bridgehead atoms. The number of nitriles is 1. The van der Waals surface area contributed by atoms with E-state index in [-0.39, 0.29) is 16.2 Å². The summed E-state index contributed by atoms with van der Waals surface area (Å²) in [5.74, 6) is 0. The molecule has 0 spiro atoms. The summed E-state index contributed by atoms with van der Waals surface area (Å²) in [5, 5.41) is 13.0. The third-order valence-corrected chi connectivity index (χ3v) is 7.87. The summed E-state index contributed by atoms with van der Waals surface area (Å²) in [6, 6.07) is 12.6. The fourth-order valence-corrected chi connectivity index (χ4v) is 5.18. The van der Waals surface area contributed by atoms with E-state index in [4.69, 9.17) is 4.98 Å². The van der Waals surface area contributed by atoms with Crippen molar-refractivity contribution in [3.8, 4) is 6.07 Å². The molecular formula is C24H26N2. The average Bonchev–Trinajstić information content (AvgIpc) is 2.76. The van der Waals surface area contributed by atoms with Gasteiger partial charge in [0.25, 0.3) is 0 Å². The summed E-state index contributed by atoms with van der Waals surface area (Å²) < 4.78 is 0. The van der Waals surface area contributed by atoms with Crippen molar-refractivity contribution >= 4 is 21.7 Å². The van der Waals surface area contributed by atoms with Crippen molar-refractivity contribution in [3.63, 3.8) is 0 Å². The number of nitrogens with zero attached hydrogens (tertiary/aromatic N) is 2. The Labute approximate surface area is 155 Å². The van der Waals surface area contributed by atoms with E-state index in [9.17, 15) is 5.26 Å². The number of aromatic nitrogens is 1. The van der Waals surface area contributed by atoms with Crippen LogP contribution in [0.15, 0.2) is 36.5 Å². The van der Waals surface area contributed by atoms with Crippen LogP contribution in [0.3, 0.4) is 0 Å². The molecule has 0 aliphatic heterocycles. The first-order valence-electron chi connectivity index (χ1n) is 9.46. The molecule has 2 aromatic carbocycles. The highest BCUT2D eigenvalue weighted by molar-refractivity contribution is 6.09. The number of hydrogen-bond donors (Lipinski definition) is 0. The van der Waals surface area contributed by atoms with E-state index in [0.717, 1.165) is 33.7 Å². The fourth-order valence-electron chi connectivity index (χ4n) is 5.18. The first-order chi connectivity index (χ1) is 12.2. The second kappa shape index (κ2) is 5.07. The lowest BCUT2D eigenvalue weighted by Crippen LogP contribution is -2.43. The van der Waals surface area contributed by atoms with E-state index < -0.39 is 0 Å². The number of hydrogen-bond acceptors (Lipinski definition) is 2. The zero-order chi connectivity index (χ0) is 18.9. The highest BCUT2D eigenvalue weighted by Crippen LogP contribution is 2.64. The van der Waals surface area contributed by atoms with Crippen LogP contribution in [0, 0.1) is 16.7 Å². The molecule has 1 atom stereocenters. The Bertz CT molecular complexity index is 1100. The van der Waals surface area contributed by atoms with Gasteiger partial charge in [-0.1, -0.05) is 65.8 Å². The van der Waals surface area contributed by atoms with Crippen LogP contribution in [0.25, 0.3) is 21.7 Å². The van der Waals surface area contributed by atoms with Crippen LogP contribution in [0.5, 0.6) is 0 Å². The molecule has 4 rings (SSSR count). The Balaban J connectivity index is 2.25. The largest absolute Gasteiger partial charge is 0.255 e. The monoisotopic (exact) mass is 342 g/mol. The Kier molecular flexibility index (Phi) is 3.32. The molecule has 1 aromatic heterocycles. The number of pyridine rings is 1. The minimum absolute atomic E-state index is 0.0105. The van der Waals surface area contributed by atoms with Crippen molar-refractivity contribution in [3.05, 3.63) is 53.2 Å². The second-order valence-electron chi connectivity index (χ2n) is 8.96. The maximum atomic E-state index is 9.75. The maximum Gasteiger partial charge on any atom is 0.0998 e. The molecule has 0 saturated carbocycles. The molecule has 1 aliphatic rings. The van der Waals surface area contributed by atoms with E-state index in [0.29, 0.717) is 0 Å². The van der Waals surface area contributed by atoms with Gasteiger partial charge in [-0.15, -0.1) is 0 Å². The van der Waals surface area contributed by atoms with Gasteiger partial charge in [-0.3, -0.25) is 4.98 Å². The number of rotatable bonds is 1. The van der Waals surface area contributed by atoms with Crippen LogP contribution in [0.4, 0.5) is 0 Å². The summed E-state index contributed by atoms with van der Waals surface area (Å²) in [4.78, 5) is 4.92. The van der Waals surface area contributed by atoms with Crippen LogP contribution >= 0.6 is 0 Å². The smallest absolute Gasteiger partial charge is 0.0998 e. The fraction of sp³-hybridized carbons (Fsp3) is 0.417. The lowest BCUT2D eigenvalue weighted by Gasteiger charge is -2.46. The van der Waals surface area contributed by atoms with E-state index in [1.807, 2.05) is 18.2 Å². The topological polar surface area (TPSA) is 36.7 Å². The quantitative estimate of drug-likeness (QED) is 0.490. The van der Waals surface area contributed by atoms with Gasteiger partial charge in [0.15, 0.2) is 0 Å². The van der Waals surface area contributed by atoms with Crippen LogP contribution in [-0.4, -0.2) is 4.98 Å². The molecule has 0 radical (unpaired) electrons. The van der Waals surface area contributed by atoms with Gasteiger partial charge in [-0.25, -0.2) is 0 Å². The van der Waals surface area contributed by atoms with Crippen LogP contribution in [0.2, 0.25) is 0 Å². The molecule has 3 aromatic rings. The Hall–Kier alpha value is -2.40. The molecule has 1 unspecified atom stereocenters. The minimum atomic E-state index is -0.0105. The summed E-state index contributed by atoms with van der Waals surface area (Å²) in [6.45, 7) is 14.1. The molecule has 0 N–H and O–H groups in total. The Morgan fingerprint density at radius 1 is 1.00 bits per heavy atom. The van der Waals surface area contributed by atoms with Gasteiger partial charge in [-0.2, -0.15) is 5.26 Å².